The van der Waals surface area contributed by atoms with Gasteiger partial charge in [-0.2, -0.15) is 0 Å². The Morgan fingerprint density at radius 3 is 2.47 bits per heavy atom. The van der Waals surface area contributed by atoms with E-state index >= 15 is 0 Å². The molecule has 15 heavy (non-hydrogen) atoms. The molecule has 0 bridgehead atoms. The third-order valence-corrected chi connectivity index (χ3v) is 2.61. The predicted molar refractivity (Wildman–Crippen MR) is 64.2 cm³/mol. The Bertz CT molecular complexity index is 227. The fourth-order valence-corrected chi connectivity index (χ4v) is 1.80. The minimum absolute atomic E-state index is 0. The zero-order valence-corrected chi connectivity index (χ0v) is 10.8. The molecule has 1 amide bonds. The second kappa shape index (κ2) is 5.14. The molecule has 1 aliphatic heterocycles. The van der Waals surface area contributed by atoms with Crippen LogP contribution in [0.2, 0.25) is 0 Å². The third-order valence-electron chi connectivity index (χ3n) is 2.61. The second-order valence-electron chi connectivity index (χ2n) is 4.89. The van der Waals surface area contributed by atoms with E-state index in [4.69, 9.17) is 5.73 Å². The number of carbonyl (C=O) groups excluding carboxylic acids is 1. The van der Waals surface area contributed by atoms with Gasteiger partial charge >= 0.3 is 0 Å². The number of piperazine rings is 1. The molecule has 0 aromatic heterocycles. The molecule has 0 aromatic carbocycles. The lowest BCUT2D eigenvalue weighted by Crippen LogP contribution is -2.58. The molecule has 1 heterocycles. The number of amides is 1. The van der Waals surface area contributed by atoms with Gasteiger partial charge in [-0.25, -0.2) is 0 Å². The van der Waals surface area contributed by atoms with E-state index in [1.54, 1.807) is 4.90 Å². The van der Waals surface area contributed by atoms with E-state index in [0.717, 1.165) is 19.6 Å². The molecule has 90 valence electrons. The van der Waals surface area contributed by atoms with Crippen molar-refractivity contribution in [2.24, 2.45) is 5.73 Å². The topological polar surface area (TPSA) is 49.6 Å². The van der Waals surface area contributed by atoms with E-state index in [2.05, 4.69) is 4.90 Å². The molecule has 1 saturated heterocycles. The summed E-state index contributed by atoms with van der Waals surface area (Å²) in [6.07, 6.45) is 0. The summed E-state index contributed by atoms with van der Waals surface area (Å²) in [4.78, 5) is 15.6. The molecule has 1 aliphatic rings. The van der Waals surface area contributed by atoms with Crippen LogP contribution < -0.4 is 5.73 Å². The zero-order valence-electron chi connectivity index (χ0n) is 9.99. The standard InChI is InChI=1S/C10H21N3O.ClH/c1-8-9(14)12(4)5-6-13(8)7-10(2,3)11;/h8H,5-7,11H2,1-4H3;1H. The van der Waals surface area contributed by atoms with Crippen LogP contribution in [0.5, 0.6) is 0 Å². The van der Waals surface area contributed by atoms with E-state index in [0.29, 0.717) is 0 Å². The van der Waals surface area contributed by atoms with Crippen molar-refractivity contribution in [3.05, 3.63) is 0 Å². The fraction of sp³-hybridized carbons (Fsp3) is 0.900. The number of halogens is 1. The summed E-state index contributed by atoms with van der Waals surface area (Å²) < 4.78 is 0. The number of hydrogen-bond acceptors (Lipinski definition) is 3. The Balaban J connectivity index is 0.00000196. The van der Waals surface area contributed by atoms with Gasteiger partial charge in [0.1, 0.15) is 0 Å². The summed E-state index contributed by atoms with van der Waals surface area (Å²) in [6.45, 7) is 8.42. The van der Waals surface area contributed by atoms with E-state index in [1.807, 2.05) is 27.8 Å². The van der Waals surface area contributed by atoms with E-state index < -0.39 is 0 Å². The van der Waals surface area contributed by atoms with E-state index in [1.165, 1.54) is 0 Å². The van der Waals surface area contributed by atoms with Crippen molar-refractivity contribution in [3.8, 4) is 0 Å². The van der Waals surface area contributed by atoms with E-state index in [-0.39, 0.29) is 29.9 Å². The molecular formula is C10H22ClN3O. The van der Waals surface area contributed by atoms with Gasteiger partial charge in [0.05, 0.1) is 6.04 Å². The van der Waals surface area contributed by atoms with Crippen LogP contribution in [0.15, 0.2) is 0 Å². The first-order valence-electron chi connectivity index (χ1n) is 5.09. The van der Waals surface area contributed by atoms with Crippen LogP contribution in [0.4, 0.5) is 0 Å². The summed E-state index contributed by atoms with van der Waals surface area (Å²) >= 11 is 0. The summed E-state index contributed by atoms with van der Waals surface area (Å²) in [7, 11) is 1.85. The second-order valence-corrected chi connectivity index (χ2v) is 4.89. The number of nitrogens with zero attached hydrogens (tertiary/aromatic N) is 2. The maximum atomic E-state index is 11.7. The van der Waals surface area contributed by atoms with Crippen LogP contribution in [0, 0.1) is 0 Å². The quantitative estimate of drug-likeness (QED) is 0.750. The van der Waals surface area contributed by atoms with Crippen LogP contribution in [0.25, 0.3) is 0 Å². The van der Waals surface area contributed by atoms with Crippen molar-refractivity contribution in [2.45, 2.75) is 32.4 Å². The lowest BCUT2D eigenvalue weighted by molar-refractivity contribution is -0.139. The van der Waals surface area contributed by atoms with Gasteiger partial charge < -0.3 is 10.6 Å². The lowest BCUT2D eigenvalue weighted by Gasteiger charge is -2.40. The number of likely N-dealkylation sites (N-methyl/N-ethyl adjacent to an activating group) is 1. The Morgan fingerprint density at radius 1 is 1.47 bits per heavy atom. The highest BCUT2D eigenvalue weighted by atomic mass is 35.5. The van der Waals surface area contributed by atoms with Crippen LogP contribution in [0.3, 0.4) is 0 Å². The van der Waals surface area contributed by atoms with Crippen molar-refractivity contribution in [3.63, 3.8) is 0 Å². The summed E-state index contributed by atoms with van der Waals surface area (Å²) in [5.41, 5.74) is 5.71. The average Bonchev–Trinajstić information content (AvgIpc) is 2.04. The lowest BCUT2D eigenvalue weighted by atomic mass is 10.0. The summed E-state index contributed by atoms with van der Waals surface area (Å²) in [6, 6.07) is -0.0309. The first-order valence-corrected chi connectivity index (χ1v) is 5.09. The van der Waals surface area contributed by atoms with Gasteiger partial charge in [0.25, 0.3) is 0 Å². The number of rotatable bonds is 2. The summed E-state index contributed by atoms with van der Waals surface area (Å²) in [5.74, 6) is 0.195. The molecule has 0 aliphatic carbocycles. The van der Waals surface area contributed by atoms with Gasteiger partial charge in [0, 0.05) is 32.2 Å². The molecule has 0 saturated carbocycles. The van der Waals surface area contributed by atoms with Crippen LogP contribution in [-0.4, -0.2) is 54.0 Å². The van der Waals surface area contributed by atoms with E-state index in [9.17, 15) is 4.79 Å². The van der Waals surface area contributed by atoms with Gasteiger partial charge in [-0.15, -0.1) is 12.4 Å². The highest BCUT2D eigenvalue weighted by Gasteiger charge is 2.31. The normalized spacial score (nSPS) is 23.9. The molecule has 1 atom stereocenters. The monoisotopic (exact) mass is 235 g/mol. The Hall–Kier alpha value is -0.320. The fourth-order valence-electron chi connectivity index (χ4n) is 1.80. The maximum absolute atomic E-state index is 11.7. The smallest absolute Gasteiger partial charge is 0.239 e. The highest BCUT2D eigenvalue weighted by molar-refractivity contribution is 5.85. The van der Waals surface area contributed by atoms with Crippen LogP contribution in [0.1, 0.15) is 20.8 Å². The largest absolute Gasteiger partial charge is 0.343 e. The molecule has 1 fully saturated rings. The predicted octanol–water partition coefficient (Wildman–Crippen LogP) is 0.308. The summed E-state index contributed by atoms with van der Waals surface area (Å²) in [5, 5.41) is 0. The van der Waals surface area contributed by atoms with Crippen molar-refractivity contribution in [1.29, 1.82) is 0 Å². The molecule has 2 N–H and O–H groups in total. The molecule has 0 radical (unpaired) electrons. The molecule has 0 aromatic rings. The zero-order chi connectivity index (χ0) is 10.9. The number of carbonyl (C=O) groups is 1. The van der Waals surface area contributed by atoms with Gasteiger partial charge in [-0.3, -0.25) is 9.69 Å². The molecular weight excluding hydrogens is 214 g/mol. The molecule has 5 heteroatoms. The van der Waals surface area contributed by atoms with Gasteiger partial charge in [-0.05, 0) is 20.8 Å². The third kappa shape index (κ3) is 3.97. The Kier molecular flexibility index (Phi) is 5.03. The molecule has 0 spiro atoms. The average molecular weight is 236 g/mol. The van der Waals surface area contributed by atoms with Crippen molar-refractivity contribution < 1.29 is 4.79 Å². The first-order chi connectivity index (χ1) is 6.31. The first kappa shape index (κ1) is 14.7. The highest BCUT2D eigenvalue weighted by Crippen LogP contribution is 2.12. The Morgan fingerprint density at radius 2 is 2.00 bits per heavy atom. The van der Waals surface area contributed by atoms with Crippen LogP contribution in [-0.2, 0) is 4.79 Å². The van der Waals surface area contributed by atoms with Gasteiger partial charge in [0.2, 0.25) is 5.91 Å². The SMILES string of the molecule is CC1C(=O)N(C)CCN1CC(C)(C)N.Cl. The number of nitrogens with two attached hydrogens (primary N) is 1. The molecule has 1 unspecified atom stereocenters. The van der Waals surface area contributed by atoms with Crippen molar-refractivity contribution in [1.82, 2.24) is 9.80 Å². The van der Waals surface area contributed by atoms with Crippen LogP contribution >= 0.6 is 12.4 Å². The minimum Gasteiger partial charge on any atom is -0.343 e. The maximum Gasteiger partial charge on any atom is 0.239 e. The molecule has 1 rings (SSSR count). The number of hydrogen-bond donors (Lipinski definition) is 1. The molecule has 4 nitrogen and oxygen atoms in total. The van der Waals surface area contributed by atoms with Gasteiger partial charge in [-0.1, -0.05) is 0 Å². The van der Waals surface area contributed by atoms with Crippen molar-refractivity contribution >= 4 is 18.3 Å². The minimum atomic E-state index is -0.232. The van der Waals surface area contributed by atoms with Crippen molar-refractivity contribution in [2.75, 3.05) is 26.7 Å². The Labute approximate surface area is 98.2 Å². The van der Waals surface area contributed by atoms with Gasteiger partial charge in [0.15, 0.2) is 0 Å².